The fraction of sp³-hybridized carbons (Fsp3) is 0.333. The molecule has 0 spiro atoms. The number of ketones is 1. The van der Waals surface area contributed by atoms with Crippen molar-refractivity contribution in [1.29, 1.82) is 0 Å². The van der Waals surface area contributed by atoms with Gasteiger partial charge in [0.2, 0.25) is 0 Å². The third-order valence-electron chi connectivity index (χ3n) is 3.26. The van der Waals surface area contributed by atoms with E-state index >= 15 is 0 Å². The van der Waals surface area contributed by atoms with Gasteiger partial charge in [0.1, 0.15) is 11.5 Å². The van der Waals surface area contributed by atoms with Crippen LogP contribution < -0.4 is 4.74 Å². The molecule has 1 aliphatic rings. The summed E-state index contributed by atoms with van der Waals surface area (Å²) in [5.41, 5.74) is 1.38. The first-order valence-electron chi connectivity index (χ1n) is 6.10. The Morgan fingerprint density at radius 3 is 2.68 bits per heavy atom. The standard InChI is InChI=1S/C15H16O4/c1-9(16)15-10(2)19-14(17)8-12(15)11-6-4-5-7-13(11)18-3/h4-7,12H,8H2,1-3H3. The van der Waals surface area contributed by atoms with Crippen LogP contribution in [-0.4, -0.2) is 18.9 Å². The summed E-state index contributed by atoms with van der Waals surface area (Å²) in [4.78, 5) is 23.4. The van der Waals surface area contributed by atoms with Crippen molar-refractivity contribution in [2.75, 3.05) is 7.11 Å². The molecule has 1 aromatic rings. The fourth-order valence-electron chi connectivity index (χ4n) is 2.49. The van der Waals surface area contributed by atoms with E-state index in [1.807, 2.05) is 24.3 Å². The molecule has 0 aromatic heterocycles. The molecule has 0 radical (unpaired) electrons. The number of methoxy groups -OCH3 is 1. The lowest BCUT2D eigenvalue weighted by Gasteiger charge is -2.26. The summed E-state index contributed by atoms with van der Waals surface area (Å²) < 4.78 is 10.4. The van der Waals surface area contributed by atoms with E-state index in [0.717, 1.165) is 5.56 Å². The summed E-state index contributed by atoms with van der Waals surface area (Å²) in [6.07, 6.45) is 0.159. The Bertz CT molecular complexity index is 557. The maximum Gasteiger partial charge on any atom is 0.311 e. The Morgan fingerprint density at radius 1 is 1.37 bits per heavy atom. The zero-order chi connectivity index (χ0) is 14.0. The number of Topliss-reactive ketones (excluding diaryl/α,β-unsaturated/α-hetero) is 1. The normalized spacial score (nSPS) is 19.1. The predicted octanol–water partition coefficient (Wildman–Crippen LogP) is 2.59. The van der Waals surface area contributed by atoms with Crippen molar-refractivity contribution in [3.63, 3.8) is 0 Å². The highest BCUT2D eigenvalue weighted by Crippen LogP contribution is 2.39. The number of hydrogen-bond donors (Lipinski definition) is 0. The molecule has 0 saturated heterocycles. The number of hydrogen-bond acceptors (Lipinski definition) is 4. The number of para-hydroxylation sites is 1. The van der Waals surface area contributed by atoms with E-state index in [1.165, 1.54) is 6.92 Å². The average Bonchev–Trinajstić information content (AvgIpc) is 2.37. The third kappa shape index (κ3) is 2.52. The molecule has 2 rings (SSSR count). The molecule has 1 atom stereocenters. The highest BCUT2D eigenvalue weighted by molar-refractivity contribution is 5.97. The van der Waals surface area contributed by atoms with E-state index in [-0.39, 0.29) is 24.1 Å². The monoisotopic (exact) mass is 260 g/mol. The molecular weight excluding hydrogens is 244 g/mol. The summed E-state index contributed by atoms with van der Waals surface area (Å²) in [5, 5.41) is 0. The van der Waals surface area contributed by atoms with Crippen molar-refractivity contribution in [2.45, 2.75) is 26.2 Å². The summed E-state index contributed by atoms with van der Waals surface area (Å²) in [5.74, 6) is 0.364. The van der Waals surface area contributed by atoms with Gasteiger partial charge in [0, 0.05) is 17.1 Å². The summed E-state index contributed by atoms with van der Waals surface area (Å²) in [6, 6.07) is 7.42. The summed E-state index contributed by atoms with van der Waals surface area (Å²) in [7, 11) is 1.57. The lowest BCUT2D eigenvalue weighted by Crippen LogP contribution is -2.23. The Hall–Kier alpha value is -2.10. The van der Waals surface area contributed by atoms with Crippen molar-refractivity contribution in [3.05, 3.63) is 41.2 Å². The van der Waals surface area contributed by atoms with Crippen LogP contribution in [0.2, 0.25) is 0 Å². The third-order valence-corrected chi connectivity index (χ3v) is 3.26. The molecule has 0 bridgehead atoms. The van der Waals surface area contributed by atoms with Gasteiger partial charge in [-0.15, -0.1) is 0 Å². The van der Waals surface area contributed by atoms with E-state index in [1.54, 1.807) is 14.0 Å². The minimum absolute atomic E-state index is 0.0825. The Morgan fingerprint density at radius 2 is 2.05 bits per heavy atom. The molecule has 0 saturated carbocycles. The van der Waals surface area contributed by atoms with E-state index < -0.39 is 0 Å². The number of rotatable bonds is 3. The highest BCUT2D eigenvalue weighted by Gasteiger charge is 2.33. The second-order valence-corrected chi connectivity index (χ2v) is 4.50. The van der Waals surface area contributed by atoms with Crippen LogP contribution in [0.3, 0.4) is 0 Å². The lowest BCUT2D eigenvalue weighted by molar-refractivity contribution is -0.141. The maximum absolute atomic E-state index is 11.8. The smallest absolute Gasteiger partial charge is 0.311 e. The first-order valence-corrected chi connectivity index (χ1v) is 6.10. The van der Waals surface area contributed by atoms with Crippen molar-refractivity contribution >= 4 is 11.8 Å². The van der Waals surface area contributed by atoms with Gasteiger partial charge in [-0.25, -0.2) is 0 Å². The minimum Gasteiger partial charge on any atom is -0.496 e. The van der Waals surface area contributed by atoms with Crippen molar-refractivity contribution in [2.24, 2.45) is 0 Å². The van der Waals surface area contributed by atoms with Crippen LogP contribution in [0.4, 0.5) is 0 Å². The maximum atomic E-state index is 11.8. The number of allylic oxidation sites excluding steroid dienone is 2. The van der Waals surface area contributed by atoms with Crippen molar-refractivity contribution in [1.82, 2.24) is 0 Å². The van der Waals surface area contributed by atoms with Gasteiger partial charge in [-0.1, -0.05) is 18.2 Å². The van der Waals surface area contributed by atoms with Crippen LogP contribution in [0.5, 0.6) is 5.75 Å². The van der Waals surface area contributed by atoms with E-state index in [2.05, 4.69) is 0 Å². The topological polar surface area (TPSA) is 52.6 Å². The molecule has 0 N–H and O–H groups in total. The van der Waals surface area contributed by atoms with E-state index in [9.17, 15) is 9.59 Å². The van der Waals surface area contributed by atoms with Crippen LogP contribution in [0.15, 0.2) is 35.6 Å². The van der Waals surface area contributed by atoms with Gasteiger partial charge in [-0.2, -0.15) is 0 Å². The van der Waals surface area contributed by atoms with Crippen molar-refractivity contribution in [3.8, 4) is 5.75 Å². The van der Waals surface area contributed by atoms with Crippen LogP contribution in [0, 0.1) is 0 Å². The molecule has 100 valence electrons. The molecule has 0 amide bonds. The second kappa shape index (κ2) is 5.26. The van der Waals surface area contributed by atoms with E-state index in [0.29, 0.717) is 17.1 Å². The molecule has 19 heavy (non-hydrogen) atoms. The Kier molecular flexibility index (Phi) is 3.69. The molecule has 0 aliphatic carbocycles. The molecule has 1 unspecified atom stereocenters. The zero-order valence-corrected chi connectivity index (χ0v) is 11.2. The van der Waals surface area contributed by atoms with Gasteiger partial charge < -0.3 is 9.47 Å². The van der Waals surface area contributed by atoms with E-state index in [4.69, 9.17) is 9.47 Å². The molecular formula is C15H16O4. The molecule has 1 aliphatic heterocycles. The average molecular weight is 260 g/mol. The van der Waals surface area contributed by atoms with Gasteiger partial charge in [0.15, 0.2) is 5.78 Å². The number of esters is 1. The van der Waals surface area contributed by atoms with Gasteiger partial charge >= 0.3 is 5.97 Å². The quantitative estimate of drug-likeness (QED) is 0.784. The molecule has 0 fully saturated rings. The van der Waals surface area contributed by atoms with Gasteiger partial charge in [-0.05, 0) is 19.9 Å². The Labute approximate surface area is 112 Å². The molecule has 4 nitrogen and oxygen atoms in total. The fourth-order valence-corrected chi connectivity index (χ4v) is 2.49. The second-order valence-electron chi connectivity index (χ2n) is 4.50. The number of cyclic esters (lactones) is 1. The zero-order valence-electron chi connectivity index (χ0n) is 11.2. The highest BCUT2D eigenvalue weighted by atomic mass is 16.5. The lowest BCUT2D eigenvalue weighted by atomic mass is 9.84. The van der Waals surface area contributed by atoms with Crippen LogP contribution in [0.25, 0.3) is 0 Å². The van der Waals surface area contributed by atoms with Gasteiger partial charge in [0.25, 0.3) is 0 Å². The number of ether oxygens (including phenoxy) is 2. The summed E-state index contributed by atoms with van der Waals surface area (Å²) >= 11 is 0. The Balaban J connectivity index is 2.55. The number of benzene rings is 1. The number of carbonyl (C=O) groups is 2. The molecule has 1 aromatic carbocycles. The minimum atomic E-state index is -0.321. The van der Waals surface area contributed by atoms with Crippen LogP contribution >= 0.6 is 0 Å². The first kappa shape index (κ1) is 13.3. The van der Waals surface area contributed by atoms with Crippen LogP contribution in [-0.2, 0) is 14.3 Å². The largest absolute Gasteiger partial charge is 0.496 e. The van der Waals surface area contributed by atoms with Gasteiger partial charge in [0.05, 0.1) is 13.5 Å². The number of carbonyl (C=O) groups excluding carboxylic acids is 2. The van der Waals surface area contributed by atoms with Gasteiger partial charge in [-0.3, -0.25) is 9.59 Å². The predicted molar refractivity (Wildman–Crippen MR) is 69.8 cm³/mol. The van der Waals surface area contributed by atoms with Crippen LogP contribution in [0.1, 0.15) is 31.7 Å². The molecule has 1 heterocycles. The SMILES string of the molecule is COc1ccccc1C1CC(=O)OC(C)=C1C(C)=O. The summed E-state index contributed by atoms with van der Waals surface area (Å²) in [6.45, 7) is 3.14. The first-order chi connectivity index (χ1) is 9.04. The molecule has 4 heteroatoms. The van der Waals surface area contributed by atoms with Crippen molar-refractivity contribution < 1.29 is 19.1 Å².